The number of fused-ring (bicyclic) bond motifs is 3. The number of para-hydroxylation sites is 3. The molecule has 3 fully saturated rings. The Labute approximate surface area is 594 Å². The summed E-state index contributed by atoms with van der Waals surface area (Å²) < 4.78 is 91.7. The Morgan fingerprint density at radius 3 is 1.26 bits per heavy atom. The predicted molar refractivity (Wildman–Crippen MR) is 377 cm³/mol. The number of carbonyl (C=O) groups is 3. The number of hydrogen-bond donors (Lipinski definition) is 0. The summed E-state index contributed by atoms with van der Waals surface area (Å²) in [7, 11) is 1.47. The second kappa shape index (κ2) is 30.3. The third kappa shape index (κ3) is 15.1. The van der Waals surface area contributed by atoms with Crippen LogP contribution in [0.4, 0.5) is 60.5 Å². The van der Waals surface area contributed by atoms with Crippen molar-refractivity contribution in [2.45, 2.75) is 31.9 Å². The van der Waals surface area contributed by atoms with Gasteiger partial charge >= 0.3 is 46.1 Å². The summed E-state index contributed by atoms with van der Waals surface area (Å²) in [6.07, 6.45) is -5.59. The van der Waals surface area contributed by atoms with Crippen LogP contribution in [0.25, 0.3) is 32.7 Å². The first-order valence-corrected chi connectivity index (χ1v) is 33.5. The van der Waals surface area contributed by atoms with Gasteiger partial charge in [-0.2, -0.15) is 26.3 Å². The van der Waals surface area contributed by atoms with Gasteiger partial charge in [0.05, 0.1) is 60.8 Å². The number of furan rings is 2. The van der Waals surface area contributed by atoms with Gasteiger partial charge in [0.1, 0.15) is 21.9 Å². The highest BCUT2D eigenvalue weighted by Gasteiger charge is 2.39. The SMILES string of the molecule is Cn1c(=O)c([N+](=O)[O-])c(N2CCN(C(=O)c3ccc(C(F)(F)F)s3)CC2)c2ccccc21.O=C(c1ccco1)N1CCN(c2c([N+](=O)[O-])c(=O)n(CCc3ccccc3)c3ccccc23)CC1.O=C(c1ccco1)N1CCN(c2c([N+](=O)[O-])c(=O)n(Cc3ccc(C(F)(F)F)cc3)c3ccccc23)CC1. The number of alkyl halides is 6. The first-order chi connectivity index (χ1) is 50.3. The zero-order valence-electron chi connectivity index (χ0n) is 55.6. The number of anilines is 3. The zero-order valence-corrected chi connectivity index (χ0v) is 56.4. The van der Waals surface area contributed by atoms with Gasteiger partial charge in [-0.3, -0.25) is 63.7 Å². The van der Waals surface area contributed by atoms with Gasteiger partial charge in [0, 0.05) is 108 Å². The minimum atomic E-state index is -4.51. The fourth-order valence-corrected chi connectivity index (χ4v) is 14.0. The molecule has 5 aromatic carbocycles. The van der Waals surface area contributed by atoms with E-state index < -0.39 is 77.2 Å². The Kier molecular flexibility index (Phi) is 20.9. The molecule has 11 aromatic rings. The number of nitro groups is 3. The normalized spacial score (nSPS) is 14.2. The number of thiophene rings is 1. The average Bonchev–Trinajstić information content (AvgIpc) is 1.02. The fraction of sp³-hybridized carbons (Fsp3) is 0.250. The molecule has 14 rings (SSSR count). The predicted octanol–water partition coefficient (Wildman–Crippen LogP) is 11.7. The van der Waals surface area contributed by atoms with E-state index in [1.54, 1.807) is 92.4 Å². The first-order valence-electron chi connectivity index (χ1n) is 32.7. The van der Waals surface area contributed by atoms with Gasteiger partial charge in [-0.1, -0.05) is 97.1 Å². The van der Waals surface area contributed by atoms with E-state index in [9.17, 15) is 85.5 Å². The molecule has 6 aromatic heterocycles. The third-order valence-electron chi connectivity index (χ3n) is 18.3. The standard InChI is InChI=1S/C26H21F3N4O5.C26H24N4O5.C20H17F3N4O4S/c27-26(28,29)18-9-7-17(8-10-18)16-32-20-5-2-1-4-19(20)22(23(25(32)35)33(36)37)30-11-13-31(14-12-30)24(34)21-6-3-15-38-21;31-25(22-11-6-18-35-22)28-16-14-27(15-17-28)23-20-9-4-5-10-21(20)29(26(32)24(23)30(33)34)13-12-19-7-2-1-3-8-19;1-24-13-5-3-2-4-12(13)16(17(19(24)29)27(30)31)25-8-10-26(11-9-25)18(28)14-6-7-15(32-14)20(21,22)23/h1-10,15H,11-14,16H2;1-11,18H,12-17H2;2-7H,8-11H2,1H3. The summed E-state index contributed by atoms with van der Waals surface area (Å²) in [5.41, 5.74) is -0.938. The number of piperazine rings is 3. The molecule has 3 saturated heterocycles. The van der Waals surface area contributed by atoms with Crippen LogP contribution in [0.1, 0.15) is 52.3 Å². The molecule has 0 radical (unpaired) electrons. The van der Waals surface area contributed by atoms with Crippen molar-refractivity contribution in [2.75, 3.05) is 93.2 Å². The maximum atomic E-state index is 13.5. The van der Waals surface area contributed by atoms with Crippen LogP contribution in [0, 0.1) is 30.3 Å². The molecule has 105 heavy (non-hydrogen) atoms. The molecule has 0 atom stereocenters. The van der Waals surface area contributed by atoms with E-state index in [2.05, 4.69) is 0 Å². The van der Waals surface area contributed by atoms with Crippen LogP contribution < -0.4 is 31.4 Å². The number of halogens is 6. The minimum Gasteiger partial charge on any atom is -0.459 e. The molecule has 542 valence electrons. The molecular weight excluding hydrogens is 1400 g/mol. The number of pyridine rings is 3. The number of nitrogens with zero attached hydrogens (tertiary/aromatic N) is 12. The molecule has 0 aliphatic carbocycles. The molecule has 33 heteroatoms. The number of aryl methyl sites for hydroxylation is 3. The van der Waals surface area contributed by atoms with Crippen LogP contribution in [0.3, 0.4) is 0 Å². The number of aromatic nitrogens is 3. The van der Waals surface area contributed by atoms with Crippen molar-refractivity contribution in [1.82, 2.24) is 28.4 Å². The van der Waals surface area contributed by atoms with Crippen molar-refractivity contribution in [3.63, 3.8) is 0 Å². The van der Waals surface area contributed by atoms with Crippen LogP contribution in [0.2, 0.25) is 0 Å². The lowest BCUT2D eigenvalue weighted by Gasteiger charge is -2.36. The van der Waals surface area contributed by atoms with E-state index in [1.165, 1.54) is 50.3 Å². The average molecular weight is 1470 g/mol. The van der Waals surface area contributed by atoms with Crippen LogP contribution in [-0.2, 0) is 38.9 Å². The summed E-state index contributed by atoms with van der Waals surface area (Å²) in [6.45, 7) is 3.36. The van der Waals surface area contributed by atoms with Gasteiger partial charge in [0.25, 0.3) is 17.7 Å². The second-order valence-electron chi connectivity index (χ2n) is 24.5. The van der Waals surface area contributed by atoms with E-state index >= 15 is 0 Å². The quantitative estimate of drug-likeness (QED) is 0.0555. The number of hydrogen-bond acceptors (Lipinski definition) is 18. The molecule has 0 unspecified atom stereocenters. The highest BCUT2D eigenvalue weighted by molar-refractivity contribution is 7.14. The van der Waals surface area contributed by atoms with E-state index in [1.807, 2.05) is 59.5 Å². The molecule has 0 N–H and O–H groups in total. The van der Waals surface area contributed by atoms with Crippen molar-refractivity contribution in [2.24, 2.45) is 7.05 Å². The summed E-state index contributed by atoms with van der Waals surface area (Å²) in [6, 6.07) is 43.3. The van der Waals surface area contributed by atoms with E-state index in [4.69, 9.17) is 8.83 Å². The number of carbonyl (C=O) groups excluding carboxylic acids is 3. The molecular formula is C72H62F6N12O14S. The van der Waals surface area contributed by atoms with E-state index in [0.717, 1.165) is 29.8 Å². The maximum absolute atomic E-state index is 13.5. The van der Waals surface area contributed by atoms with Crippen molar-refractivity contribution in [1.29, 1.82) is 0 Å². The van der Waals surface area contributed by atoms with Crippen molar-refractivity contribution in [3.8, 4) is 0 Å². The molecule has 9 heterocycles. The highest BCUT2D eigenvalue weighted by Crippen LogP contribution is 2.40. The van der Waals surface area contributed by atoms with Gasteiger partial charge in [-0.05, 0) is 84.3 Å². The Hall–Kier alpha value is -12.4. The molecule has 3 aliphatic rings. The van der Waals surface area contributed by atoms with Crippen molar-refractivity contribution < 1.29 is 64.3 Å². The minimum absolute atomic E-state index is 0.0178. The van der Waals surface area contributed by atoms with E-state index in [-0.39, 0.29) is 98.5 Å². The largest absolute Gasteiger partial charge is 0.459 e. The molecule has 3 aliphatic heterocycles. The lowest BCUT2D eigenvalue weighted by atomic mass is 10.1. The Morgan fingerprint density at radius 1 is 0.438 bits per heavy atom. The summed E-state index contributed by atoms with van der Waals surface area (Å²) in [5.74, 6) is -0.573. The first kappa shape index (κ1) is 72.4. The highest BCUT2D eigenvalue weighted by atomic mass is 32.1. The number of rotatable bonds is 14. The topological polar surface area (TPSA) is 292 Å². The lowest BCUT2D eigenvalue weighted by Crippen LogP contribution is -2.49. The molecule has 0 spiro atoms. The smallest absolute Gasteiger partial charge is 0.425 e. The van der Waals surface area contributed by atoms with Crippen molar-refractivity contribution >= 4 is 95.9 Å². The Balaban J connectivity index is 0.000000148. The Morgan fingerprint density at radius 2 is 0.838 bits per heavy atom. The second-order valence-corrected chi connectivity index (χ2v) is 25.6. The number of amides is 3. The molecule has 3 amide bonds. The third-order valence-corrected chi connectivity index (χ3v) is 19.5. The fourth-order valence-electron chi connectivity index (χ4n) is 13.2. The Bertz CT molecular complexity index is 5290. The molecule has 0 bridgehead atoms. The van der Waals surface area contributed by atoms with E-state index in [0.29, 0.717) is 94.4 Å². The molecule has 0 saturated carbocycles. The lowest BCUT2D eigenvalue weighted by molar-refractivity contribution is -0.385. The van der Waals surface area contributed by atoms with Crippen molar-refractivity contribution in [3.05, 3.63) is 276 Å². The maximum Gasteiger partial charge on any atom is 0.425 e. The number of benzene rings is 5. The van der Waals surface area contributed by atoms with Crippen LogP contribution in [-0.4, -0.2) is 139 Å². The van der Waals surface area contributed by atoms with Crippen LogP contribution in [0.5, 0.6) is 0 Å². The summed E-state index contributed by atoms with van der Waals surface area (Å²) >= 11 is 0.387. The zero-order chi connectivity index (χ0) is 74.6. The summed E-state index contributed by atoms with van der Waals surface area (Å²) in [4.78, 5) is 121. The molecule has 26 nitrogen and oxygen atoms in total. The summed E-state index contributed by atoms with van der Waals surface area (Å²) in [5, 5.41) is 37.7. The van der Waals surface area contributed by atoms with Crippen LogP contribution in [0.15, 0.2) is 200 Å². The van der Waals surface area contributed by atoms with Gasteiger partial charge in [0.15, 0.2) is 11.5 Å². The van der Waals surface area contributed by atoms with Gasteiger partial charge in [-0.15, -0.1) is 11.3 Å². The monoisotopic (exact) mass is 1460 g/mol. The van der Waals surface area contributed by atoms with Gasteiger partial charge < -0.3 is 47.4 Å². The van der Waals surface area contributed by atoms with Crippen LogP contribution >= 0.6 is 11.3 Å². The van der Waals surface area contributed by atoms with Gasteiger partial charge in [0.2, 0.25) is 0 Å². The van der Waals surface area contributed by atoms with Gasteiger partial charge in [-0.25, -0.2) is 0 Å².